The zero-order valence-corrected chi connectivity index (χ0v) is 12.1. The topological polar surface area (TPSA) is 43.8 Å². The highest BCUT2D eigenvalue weighted by atomic mass is 79.9. The van der Waals surface area contributed by atoms with E-state index in [1.807, 2.05) is 25.1 Å². The fourth-order valence-corrected chi connectivity index (χ4v) is 2.52. The van der Waals surface area contributed by atoms with Crippen LogP contribution in [0.2, 0.25) is 5.02 Å². The Bertz CT molecular complexity index is 640. The van der Waals surface area contributed by atoms with E-state index < -0.39 is 0 Å². The van der Waals surface area contributed by atoms with Crippen molar-refractivity contribution >= 4 is 33.3 Å². The number of benzene rings is 1. The van der Waals surface area contributed by atoms with Gasteiger partial charge in [0.05, 0.1) is 11.6 Å². The summed E-state index contributed by atoms with van der Waals surface area (Å²) in [6, 6.07) is 5.59. The summed E-state index contributed by atoms with van der Waals surface area (Å²) < 4.78 is 2.70. The Morgan fingerprint density at radius 2 is 2.28 bits per heavy atom. The summed E-state index contributed by atoms with van der Waals surface area (Å²) in [7, 11) is 0. The van der Waals surface area contributed by atoms with Crippen molar-refractivity contribution in [2.24, 2.45) is 0 Å². The van der Waals surface area contributed by atoms with Gasteiger partial charge in [-0.05, 0) is 19.1 Å². The van der Waals surface area contributed by atoms with Gasteiger partial charge in [-0.1, -0.05) is 39.5 Å². The Morgan fingerprint density at radius 1 is 1.56 bits per heavy atom. The molecule has 2 rings (SSSR count). The Labute approximate surface area is 119 Å². The van der Waals surface area contributed by atoms with Crippen LogP contribution >= 0.6 is 27.5 Å². The summed E-state index contributed by atoms with van der Waals surface area (Å²) in [5, 5.41) is 0.599. The molecule has 0 unspecified atom stereocenters. The first-order valence-electron chi connectivity index (χ1n) is 5.26. The smallest absolute Gasteiger partial charge is 0.132 e. The number of hydrogen-bond acceptors (Lipinski definition) is 2. The van der Waals surface area contributed by atoms with Crippen molar-refractivity contribution in [3.63, 3.8) is 0 Å². The van der Waals surface area contributed by atoms with Crippen LogP contribution in [0.15, 0.2) is 22.7 Å². The van der Waals surface area contributed by atoms with Gasteiger partial charge in [-0.3, -0.25) is 0 Å². The molecule has 0 fully saturated rings. The molecule has 1 heterocycles. The van der Waals surface area contributed by atoms with Crippen LogP contribution in [0.4, 0.5) is 5.82 Å². The molecule has 1 aromatic heterocycles. The van der Waals surface area contributed by atoms with Gasteiger partial charge in [0.15, 0.2) is 0 Å². The molecule has 0 saturated heterocycles. The zero-order valence-electron chi connectivity index (χ0n) is 9.74. The third-order valence-corrected chi connectivity index (χ3v) is 3.44. The second-order valence-corrected chi connectivity index (χ2v) is 5.13. The normalized spacial score (nSPS) is 10.3. The minimum atomic E-state index is 0.402. The Hall–Kier alpha value is -1.44. The fourth-order valence-electron chi connectivity index (χ4n) is 1.75. The first kappa shape index (κ1) is 13.0. The number of nitrogens with two attached hydrogens (primary N) is 1. The molecule has 0 radical (unpaired) electrons. The van der Waals surface area contributed by atoms with E-state index in [4.69, 9.17) is 23.8 Å². The molecule has 0 bridgehead atoms. The van der Waals surface area contributed by atoms with Gasteiger partial charge in [0.25, 0.3) is 0 Å². The lowest BCUT2D eigenvalue weighted by Gasteiger charge is -2.05. The number of terminal acetylenes is 1. The van der Waals surface area contributed by atoms with Crippen molar-refractivity contribution in [3.8, 4) is 23.6 Å². The summed E-state index contributed by atoms with van der Waals surface area (Å²) in [5.74, 6) is 3.87. The van der Waals surface area contributed by atoms with Crippen molar-refractivity contribution in [2.75, 3.05) is 5.73 Å². The predicted molar refractivity (Wildman–Crippen MR) is 78.4 cm³/mol. The number of halogens is 2. The molecule has 1 aromatic carbocycles. The molecule has 18 heavy (non-hydrogen) atoms. The molecule has 3 nitrogen and oxygen atoms in total. The van der Waals surface area contributed by atoms with E-state index in [2.05, 4.69) is 26.8 Å². The van der Waals surface area contributed by atoms with E-state index >= 15 is 0 Å². The number of aryl methyl sites for hydroxylation is 1. The lowest BCUT2D eigenvalue weighted by atomic mass is 10.1. The van der Waals surface area contributed by atoms with E-state index in [-0.39, 0.29) is 0 Å². The van der Waals surface area contributed by atoms with Gasteiger partial charge in [0.1, 0.15) is 17.3 Å². The Balaban J connectivity index is 2.58. The predicted octanol–water partition coefficient (Wildman–Crippen LogP) is 3.49. The molecular weight excluding hydrogens is 314 g/mol. The van der Waals surface area contributed by atoms with Crippen LogP contribution in [-0.4, -0.2) is 9.55 Å². The van der Waals surface area contributed by atoms with Crippen molar-refractivity contribution in [2.45, 2.75) is 13.5 Å². The van der Waals surface area contributed by atoms with Gasteiger partial charge in [0, 0.05) is 10.0 Å². The maximum absolute atomic E-state index is 6.20. The average molecular weight is 325 g/mol. The number of aromatic nitrogens is 2. The molecule has 2 aromatic rings. The van der Waals surface area contributed by atoms with E-state index in [9.17, 15) is 0 Å². The van der Waals surface area contributed by atoms with Gasteiger partial charge in [-0.25, -0.2) is 4.98 Å². The summed E-state index contributed by atoms with van der Waals surface area (Å²) in [4.78, 5) is 4.43. The molecule has 0 atom stereocenters. The number of imidazole rings is 1. The molecule has 2 N–H and O–H groups in total. The van der Waals surface area contributed by atoms with E-state index in [0.717, 1.165) is 15.9 Å². The van der Waals surface area contributed by atoms with Gasteiger partial charge in [-0.15, -0.1) is 6.42 Å². The van der Waals surface area contributed by atoms with Gasteiger partial charge in [0.2, 0.25) is 0 Å². The maximum Gasteiger partial charge on any atom is 0.132 e. The lowest BCUT2D eigenvalue weighted by Crippen LogP contribution is -2.03. The number of nitrogen functional groups attached to an aromatic ring is 1. The minimum Gasteiger partial charge on any atom is -0.383 e. The monoisotopic (exact) mass is 323 g/mol. The standard InChI is InChI=1S/C13H11BrClN3/c1-3-6-18-8(2)17-12(13(18)16)10-5-4-9(14)7-11(10)15/h1,4-5,7H,6,16H2,2H3. The van der Waals surface area contributed by atoms with Crippen LogP contribution in [0.3, 0.4) is 0 Å². The van der Waals surface area contributed by atoms with Gasteiger partial charge in [-0.2, -0.15) is 0 Å². The molecule has 0 aliphatic rings. The van der Waals surface area contributed by atoms with Crippen LogP contribution in [0.1, 0.15) is 5.82 Å². The highest BCUT2D eigenvalue weighted by Gasteiger charge is 2.15. The van der Waals surface area contributed by atoms with Crippen LogP contribution in [-0.2, 0) is 6.54 Å². The van der Waals surface area contributed by atoms with Crippen molar-refractivity contribution in [3.05, 3.63) is 33.5 Å². The first-order chi connectivity index (χ1) is 8.54. The molecule has 92 valence electrons. The molecule has 0 aliphatic carbocycles. The van der Waals surface area contributed by atoms with Gasteiger partial charge >= 0.3 is 0 Å². The average Bonchev–Trinajstić information content (AvgIpc) is 2.58. The molecule has 5 heteroatoms. The number of rotatable bonds is 2. The summed E-state index contributed by atoms with van der Waals surface area (Å²) in [6.45, 7) is 2.27. The van der Waals surface area contributed by atoms with Crippen molar-refractivity contribution in [1.29, 1.82) is 0 Å². The first-order valence-corrected chi connectivity index (χ1v) is 6.43. The third kappa shape index (κ3) is 2.24. The molecule has 0 amide bonds. The summed E-state index contributed by atoms with van der Waals surface area (Å²) >= 11 is 9.56. The quantitative estimate of drug-likeness (QED) is 0.859. The van der Waals surface area contributed by atoms with E-state index in [1.54, 1.807) is 4.57 Å². The Morgan fingerprint density at radius 3 is 2.89 bits per heavy atom. The third-order valence-electron chi connectivity index (χ3n) is 2.63. The van der Waals surface area contributed by atoms with Crippen LogP contribution in [0.25, 0.3) is 11.3 Å². The lowest BCUT2D eigenvalue weighted by molar-refractivity contribution is 0.807. The van der Waals surface area contributed by atoms with Gasteiger partial charge < -0.3 is 10.3 Å². The maximum atomic E-state index is 6.20. The van der Waals surface area contributed by atoms with Crippen molar-refractivity contribution < 1.29 is 0 Å². The molecule has 0 aliphatic heterocycles. The molecular formula is C13H11BrClN3. The van der Waals surface area contributed by atoms with Crippen molar-refractivity contribution in [1.82, 2.24) is 9.55 Å². The highest BCUT2D eigenvalue weighted by molar-refractivity contribution is 9.10. The Kier molecular flexibility index (Phi) is 3.65. The summed E-state index contributed by atoms with van der Waals surface area (Å²) in [6.07, 6.45) is 5.31. The number of nitrogens with zero attached hydrogens (tertiary/aromatic N) is 2. The highest BCUT2D eigenvalue weighted by Crippen LogP contribution is 2.33. The van der Waals surface area contributed by atoms with Crippen LogP contribution in [0, 0.1) is 19.3 Å². The minimum absolute atomic E-state index is 0.402. The zero-order chi connectivity index (χ0) is 13.3. The second kappa shape index (κ2) is 5.05. The number of anilines is 1. The largest absolute Gasteiger partial charge is 0.383 e. The molecule has 0 saturated carbocycles. The molecule has 0 spiro atoms. The van der Waals surface area contributed by atoms with E-state index in [0.29, 0.717) is 23.1 Å². The summed E-state index contributed by atoms with van der Waals surface area (Å²) in [5.41, 5.74) is 7.53. The SMILES string of the molecule is C#CCn1c(C)nc(-c2ccc(Br)cc2Cl)c1N. The van der Waals surface area contributed by atoms with E-state index in [1.165, 1.54) is 0 Å². The van der Waals surface area contributed by atoms with Crippen LogP contribution < -0.4 is 5.73 Å². The number of hydrogen-bond donors (Lipinski definition) is 1. The fraction of sp³-hybridized carbons (Fsp3) is 0.154. The second-order valence-electron chi connectivity index (χ2n) is 3.81. The van der Waals surface area contributed by atoms with Crippen LogP contribution in [0.5, 0.6) is 0 Å².